The highest BCUT2D eigenvalue weighted by Gasteiger charge is 2.12. The molecule has 0 aliphatic carbocycles. The van der Waals surface area contributed by atoms with Crippen LogP contribution in [0.5, 0.6) is 5.75 Å². The van der Waals surface area contributed by atoms with Gasteiger partial charge in [0, 0.05) is 6.07 Å². The summed E-state index contributed by atoms with van der Waals surface area (Å²) in [5.41, 5.74) is 0.524. The highest BCUT2D eigenvalue weighted by molar-refractivity contribution is 5.23. The molecule has 1 N–H and O–H groups in total. The molecule has 2 aromatic carbocycles. The molecule has 0 saturated heterocycles. The zero-order valence-electron chi connectivity index (χ0n) is 10.6. The van der Waals surface area contributed by atoms with E-state index in [0.29, 0.717) is 12.2 Å². The average Bonchev–Trinajstić information content (AvgIpc) is 2.39. The summed E-state index contributed by atoms with van der Waals surface area (Å²) >= 11 is 0. The lowest BCUT2D eigenvalue weighted by Gasteiger charge is -2.17. The fourth-order valence-corrected chi connectivity index (χ4v) is 1.82. The Morgan fingerprint density at radius 3 is 2.26 bits per heavy atom. The summed E-state index contributed by atoms with van der Waals surface area (Å²) in [5, 5.41) is 2.98. The van der Waals surface area contributed by atoms with Crippen molar-refractivity contribution in [2.75, 3.05) is 13.7 Å². The number of hydrogen-bond acceptors (Lipinski definition) is 2. The Morgan fingerprint density at radius 2 is 1.68 bits per heavy atom. The number of ether oxygens (including phenoxy) is 1. The van der Waals surface area contributed by atoms with Gasteiger partial charge < -0.3 is 10.1 Å². The summed E-state index contributed by atoms with van der Waals surface area (Å²) in [4.78, 5) is 0. The molecule has 1 atom stereocenters. The quantitative estimate of drug-likeness (QED) is 0.893. The Kier molecular flexibility index (Phi) is 4.47. The molecule has 0 aliphatic rings. The van der Waals surface area contributed by atoms with E-state index in [1.807, 2.05) is 30.3 Å². The number of halogens is 2. The van der Waals surface area contributed by atoms with Gasteiger partial charge in [0.2, 0.25) is 0 Å². The van der Waals surface area contributed by atoms with E-state index >= 15 is 0 Å². The summed E-state index contributed by atoms with van der Waals surface area (Å²) < 4.78 is 31.9. The molecule has 0 amide bonds. The largest absolute Gasteiger partial charge is 0.492 e. The maximum atomic E-state index is 13.2. The van der Waals surface area contributed by atoms with Crippen LogP contribution in [-0.2, 0) is 0 Å². The zero-order valence-corrected chi connectivity index (χ0v) is 10.6. The molecule has 100 valence electrons. The molecule has 4 heteroatoms. The van der Waals surface area contributed by atoms with Crippen molar-refractivity contribution in [3.63, 3.8) is 0 Å². The van der Waals surface area contributed by atoms with Gasteiger partial charge in [-0.05, 0) is 36.9 Å². The van der Waals surface area contributed by atoms with Crippen molar-refractivity contribution in [2.24, 2.45) is 0 Å². The van der Waals surface area contributed by atoms with E-state index in [1.165, 1.54) is 12.1 Å². The first-order valence-corrected chi connectivity index (χ1v) is 6.00. The van der Waals surface area contributed by atoms with E-state index in [9.17, 15) is 8.78 Å². The van der Waals surface area contributed by atoms with Gasteiger partial charge in [0.1, 0.15) is 24.0 Å². The number of benzene rings is 2. The minimum absolute atomic E-state index is 0.273. The van der Waals surface area contributed by atoms with Crippen molar-refractivity contribution in [3.05, 3.63) is 65.7 Å². The second kappa shape index (κ2) is 6.29. The van der Waals surface area contributed by atoms with Crippen molar-refractivity contribution >= 4 is 0 Å². The SMILES string of the molecule is CNC(COc1ccccc1)c1cc(F)cc(F)c1. The maximum Gasteiger partial charge on any atom is 0.126 e. The van der Waals surface area contributed by atoms with Gasteiger partial charge in [0.15, 0.2) is 0 Å². The van der Waals surface area contributed by atoms with Gasteiger partial charge in [-0.15, -0.1) is 0 Å². The Balaban J connectivity index is 2.07. The minimum Gasteiger partial charge on any atom is -0.492 e. The average molecular weight is 263 g/mol. The molecule has 19 heavy (non-hydrogen) atoms. The molecule has 0 aliphatic heterocycles. The van der Waals surface area contributed by atoms with Gasteiger partial charge in [0.05, 0.1) is 6.04 Å². The molecular weight excluding hydrogens is 248 g/mol. The van der Waals surface area contributed by atoms with Crippen LogP contribution in [0.4, 0.5) is 8.78 Å². The van der Waals surface area contributed by atoms with Crippen LogP contribution in [0.3, 0.4) is 0 Å². The first-order chi connectivity index (χ1) is 9.19. The number of para-hydroxylation sites is 1. The van der Waals surface area contributed by atoms with E-state index in [0.717, 1.165) is 11.8 Å². The molecule has 2 nitrogen and oxygen atoms in total. The molecule has 0 bridgehead atoms. The fourth-order valence-electron chi connectivity index (χ4n) is 1.82. The number of rotatable bonds is 5. The van der Waals surface area contributed by atoms with Crippen molar-refractivity contribution < 1.29 is 13.5 Å². The third-order valence-electron chi connectivity index (χ3n) is 2.80. The highest BCUT2D eigenvalue weighted by atomic mass is 19.1. The number of hydrogen-bond donors (Lipinski definition) is 1. The van der Waals surface area contributed by atoms with E-state index in [-0.39, 0.29) is 6.04 Å². The Hall–Kier alpha value is -1.94. The Labute approximate surface area is 111 Å². The third-order valence-corrected chi connectivity index (χ3v) is 2.80. The van der Waals surface area contributed by atoms with E-state index in [4.69, 9.17) is 4.74 Å². The van der Waals surface area contributed by atoms with Crippen molar-refractivity contribution in [1.29, 1.82) is 0 Å². The van der Waals surface area contributed by atoms with Crippen LogP contribution >= 0.6 is 0 Å². The molecule has 2 aromatic rings. The van der Waals surface area contributed by atoms with Crippen LogP contribution in [0, 0.1) is 11.6 Å². The summed E-state index contributed by atoms with van der Waals surface area (Å²) in [6.07, 6.45) is 0. The van der Waals surface area contributed by atoms with Crippen molar-refractivity contribution in [1.82, 2.24) is 5.32 Å². The van der Waals surface area contributed by atoms with E-state index < -0.39 is 11.6 Å². The molecule has 0 saturated carbocycles. The molecule has 0 radical (unpaired) electrons. The van der Waals surface area contributed by atoms with Crippen molar-refractivity contribution in [2.45, 2.75) is 6.04 Å². The van der Waals surface area contributed by atoms with Crippen LogP contribution in [0.1, 0.15) is 11.6 Å². The lowest BCUT2D eigenvalue weighted by Crippen LogP contribution is -2.23. The standard InChI is InChI=1S/C15H15F2NO/c1-18-15(10-19-14-5-3-2-4-6-14)11-7-12(16)9-13(17)8-11/h2-9,15,18H,10H2,1H3. The molecule has 1 unspecified atom stereocenters. The van der Waals surface area contributed by atoms with Gasteiger partial charge in [-0.3, -0.25) is 0 Å². The third kappa shape index (κ3) is 3.76. The number of likely N-dealkylation sites (N-methyl/N-ethyl adjacent to an activating group) is 1. The molecule has 0 aromatic heterocycles. The summed E-state index contributed by atoms with van der Waals surface area (Å²) in [6, 6.07) is 12.5. The van der Waals surface area contributed by atoms with Gasteiger partial charge in [0.25, 0.3) is 0 Å². The lowest BCUT2D eigenvalue weighted by atomic mass is 10.1. The molecule has 0 heterocycles. The fraction of sp³-hybridized carbons (Fsp3) is 0.200. The van der Waals surface area contributed by atoms with Gasteiger partial charge in [-0.25, -0.2) is 8.78 Å². The normalized spacial score (nSPS) is 12.2. The first-order valence-electron chi connectivity index (χ1n) is 6.00. The first kappa shape index (κ1) is 13.5. The van der Waals surface area contributed by atoms with Crippen LogP contribution in [0.15, 0.2) is 48.5 Å². The monoisotopic (exact) mass is 263 g/mol. The van der Waals surface area contributed by atoms with Crippen LogP contribution in [0.2, 0.25) is 0 Å². The maximum absolute atomic E-state index is 13.2. The molecule has 0 fully saturated rings. The number of nitrogens with one attached hydrogen (secondary N) is 1. The topological polar surface area (TPSA) is 21.3 Å². The van der Waals surface area contributed by atoms with E-state index in [2.05, 4.69) is 5.32 Å². The second-order valence-electron chi connectivity index (χ2n) is 4.17. The van der Waals surface area contributed by atoms with Gasteiger partial charge in [-0.1, -0.05) is 18.2 Å². The zero-order chi connectivity index (χ0) is 13.7. The Morgan fingerprint density at radius 1 is 1.05 bits per heavy atom. The molecule has 0 spiro atoms. The van der Waals surface area contributed by atoms with Gasteiger partial charge in [-0.2, -0.15) is 0 Å². The smallest absolute Gasteiger partial charge is 0.126 e. The second-order valence-corrected chi connectivity index (χ2v) is 4.17. The van der Waals surface area contributed by atoms with Crippen LogP contribution < -0.4 is 10.1 Å². The highest BCUT2D eigenvalue weighted by Crippen LogP contribution is 2.18. The molecule has 2 rings (SSSR count). The summed E-state index contributed by atoms with van der Waals surface area (Å²) in [6.45, 7) is 0.295. The Bertz CT molecular complexity index is 511. The lowest BCUT2D eigenvalue weighted by molar-refractivity contribution is 0.272. The summed E-state index contributed by atoms with van der Waals surface area (Å²) in [7, 11) is 1.72. The van der Waals surface area contributed by atoms with E-state index in [1.54, 1.807) is 7.05 Å². The van der Waals surface area contributed by atoms with Crippen LogP contribution in [-0.4, -0.2) is 13.7 Å². The van der Waals surface area contributed by atoms with Gasteiger partial charge >= 0.3 is 0 Å². The summed E-state index contributed by atoms with van der Waals surface area (Å²) in [5.74, 6) is -0.454. The minimum atomic E-state index is -0.588. The van der Waals surface area contributed by atoms with Crippen LogP contribution in [0.25, 0.3) is 0 Å². The van der Waals surface area contributed by atoms with Crippen molar-refractivity contribution in [3.8, 4) is 5.75 Å². The predicted molar refractivity (Wildman–Crippen MR) is 70.1 cm³/mol. The molecular formula is C15H15F2NO. The predicted octanol–water partition coefficient (Wildman–Crippen LogP) is 3.30.